The van der Waals surface area contributed by atoms with Crippen LogP contribution in [-0.2, 0) is 0 Å². The maximum Gasteiger partial charge on any atom is 0.183 e. The molecule has 1 heterocycles. The van der Waals surface area contributed by atoms with Gasteiger partial charge in [0.15, 0.2) is 5.13 Å². The Hall–Kier alpha value is -0.0900. The van der Waals surface area contributed by atoms with Crippen LogP contribution in [0.4, 0.5) is 5.13 Å². The fraction of sp³-hybridized carbons (Fsp3) is 0.667. The molecule has 2 atom stereocenters. The molecule has 2 aliphatic carbocycles. The summed E-state index contributed by atoms with van der Waals surface area (Å²) >= 11 is 5.04. The van der Waals surface area contributed by atoms with Crippen LogP contribution in [0.1, 0.15) is 19.3 Å². The quantitative estimate of drug-likeness (QED) is 0.882. The molecule has 4 heteroatoms. The molecule has 1 aromatic rings. The summed E-state index contributed by atoms with van der Waals surface area (Å²) in [6.07, 6.45) is 4.21. The number of nitrogens with one attached hydrogen (secondary N) is 1. The average Bonchev–Trinajstić information content (AvgIpc) is 2.55. The minimum absolute atomic E-state index is 0.696. The highest BCUT2D eigenvalue weighted by atomic mass is 79.9. The summed E-state index contributed by atoms with van der Waals surface area (Å²) in [6.45, 7) is 0. The molecule has 70 valence electrons. The molecule has 0 bridgehead atoms. The Morgan fingerprint density at radius 1 is 1.38 bits per heavy atom. The molecule has 0 saturated heterocycles. The molecule has 13 heavy (non-hydrogen) atoms. The lowest BCUT2D eigenvalue weighted by molar-refractivity contribution is 0.651. The fourth-order valence-electron chi connectivity index (χ4n) is 2.33. The Balaban J connectivity index is 1.63. The van der Waals surface area contributed by atoms with Gasteiger partial charge in [0.25, 0.3) is 0 Å². The summed E-state index contributed by atoms with van der Waals surface area (Å²) in [4.78, 5) is 4.34. The summed E-state index contributed by atoms with van der Waals surface area (Å²) in [5.74, 6) is 2.09. The summed E-state index contributed by atoms with van der Waals surface area (Å²) in [5, 5.41) is 6.59. The summed E-state index contributed by atoms with van der Waals surface area (Å²) in [7, 11) is 0. The van der Waals surface area contributed by atoms with E-state index in [0.717, 1.165) is 21.6 Å². The van der Waals surface area contributed by atoms with Gasteiger partial charge < -0.3 is 5.32 Å². The number of hydrogen-bond donors (Lipinski definition) is 1. The van der Waals surface area contributed by atoms with Gasteiger partial charge in [-0.15, -0.1) is 11.3 Å². The Bertz CT molecular complexity index is 315. The van der Waals surface area contributed by atoms with Crippen LogP contribution in [0.5, 0.6) is 0 Å². The van der Waals surface area contributed by atoms with Gasteiger partial charge in [0.1, 0.15) is 4.60 Å². The van der Waals surface area contributed by atoms with Crippen LogP contribution in [0.25, 0.3) is 0 Å². The van der Waals surface area contributed by atoms with E-state index in [1.54, 1.807) is 11.3 Å². The SMILES string of the molecule is Brc1csc(NC2CC3CC3C2)n1. The van der Waals surface area contributed by atoms with Crippen molar-refractivity contribution in [3.8, 4) is 0 Å². The predicted molar refractivity (Wildman–Crippen MR) is 58.1 cm³/mol. The van der Waals surface area contributed by atoms with E-state index in [1.807, 2.05) is 5.38 Å². The van der Waals surface area contributed by atoms with Crippen LogP contribution in [0.15, 0.2) is 9.98 Å². The van der Waals surface area contributed by atoms with E-state index in [0.29, 0.717) is 6.04 Å². The van der Waals surface area contributed by atoms with Gasteiger partial charge in [-0.3, -0.25) is 0 Å². The first-order valence-corrected chi connectivity index (χ1v) is 6.36. The van der Waals surface area contributed by atoms with Gasteiger partial charge in [-0.25, -0.2) is 4.98 Å². The zero-order valence-corrected chi connectivity index (χ0v) is 9.57. The van der Waals surface area contributed by atoms with E-state index in [1.165, 1.54) is 19.3 Å². The van der Waals surface area contributed by atoms with Crippen molar-refractivity contribution in [2.75, 3.05) is 5.32 Å². The first-order valence-electron chi connectivity index (χ1n) is 4.69. The molecule has 2 unspecified atom stereocenters. The number of thiazole rings is 1. The largest absolute Gasteiger partial charge is 0.359 e. The Morgan fingerprint density at radius 2 is 2.15 bits per heavy atom. The minimum Gasteiger partial charge on any atom is -0.359 e. The number of nitrogens with zero attached hydrogens (tertiary/aromatic N) is 1. The number of aromatic nitrogens is 1. The third-order valence-electron chi connectivity index (χ3n) is 3.05. The van der Waals surface area contributed by atoms with Gasteiger partial charge in [-0.1, -0.05) is 0 Å². The third kappa shape index (κ3) is 1.62. The zero-order chi connectivity index (χ0) is 8.84. The Morgan fingerprint density at radius 3 is 2.77 bits per heavy atom. The maximum absolute atomic E-state index is 4.34. The Labute approximate surface area is 89.9 Å². The highest BCUT2D eigenvalue weighted by molar-refractivity contribution is 9.10. The molecule has 2 aliphatic rings. The highest BCUT2D eigenvalue weighted by Gasteiger charge is 2.45. The van der Waals surface area contributed by atoms with E-state index in [9.17, 15) is 0 Å². The maximum atomic E-state index is 4.34. The van der Waals surface area contributed by atoms with E-state index in [2.05, 4.69) is 26.2 Å². The first kappa shape index (κ1) is 8.24. The van der Waals surface area contributed by atoms with Crippen LogP contribution in [0.2, 0.25) is 0 Å². The number of hydrogen-bond acceptors (Lipinski definition) is 3. The molecule has 0 aromatic carbocycles. The van der Waals surface area contributed by atoms with Gasteiger partial charge in [-0.2, -0.15) is 0 Å². The van der Waals surface area contributed by atoms with Crippen molar-refractivity contribution in [2.45, 2.75) is 25.3 Å². The number of anilines is 1. The predicted octanol–water partition coefficient (Wildman–Crippen LogP) is 3.12. The molecule has 2 fully saturated rings. The highest BCUT2D eigenvalue weighted by Crippen LogP contribution is 2.52. The van der Waals surface area contributed by atoms with E-state index >= 15 is 0 Å². The molecule has 1 N–H and O–H groups in total. The van der Waals surface area contributed by atoms with Crippen molar-refractivity contribution in [2.24, 2.45) is 11.8 Å². The number of halogens is 1. The molecule has 0 spiro atoms. The fourth-order valence-corrected chi connectivity index (χ4v) is 3.55. The molecule has 2 nitrogen and oxygen atoms in total. The second kappa shape index (κ2) is 2.95. The first-order chi connectivity index (χ1) is 6.31. The average molecular weight is 259 g/mol. The van der Waals surface area contributed by atoms with Crippen LogP contribution in [-0.4, -0.2) is 11.0 Å². The number of rotatable bonds is 2. The lowest BCUT2D eigenvalue weighted by Gasteiger charge is -2.12. The van der Waals surface area contributed by atoms with Crippen molar-refractivity contribution in [3.05, 3.63) is 9.98 Å². The second-order valence-corrected chi connectivity index (χ2v) is 5.71. The van der Waals surface area contributed by atoms with Crippen LogP contribution in [0.3, 0.4) is 0 Å². The molecular formula is C9H11BrN2S. The van der Waals surface area contributed by atoms with Crippen molar-refractivity contribution < 1.29 is 0 Å². The lowest BCUT2D eigenvalue weighted by Crippen LogP contribution is -2.16. The number of fused-ring (bicyclic) bond motifs is 1. The van der Waals surface area contributed by atoms with Gasteiger partial charge >= 0.3 is 0 Å². The standard InChI is InChI=1S/C9H11BrN2S/c10-8-4-13-9(12-8)11-7-2-5-1-6(5)3-7/h4-7H,1-3H2,(H,11,12). The zero-order valence-electron chi connectivity index (χ0n) is 7.16. The van der Waals surface area contributed by atoms with Gasteiger partial charge in [0, 0.05) is 11.4 Å². The Kier molecular flexibility index (Phi) is 1.87. The van der Waals surface area contributed by atoms with E-state index in [4.69, 9.17) is 0 Å². The summed E-state index contributed by atoms with van der Waals surface area (Å²) in [5.41, 5.74) is 0. The lowest BCUT2D eigenvalue weighted by atomic mass is 10.2. The molecule has 1 aromatic heterocycles. The summed E-state index contributed by atoms with van der Waals surface area (Å²) < 4.78 is 0.947. The monoisotopic (exact) mass is 258 g/mol. The second-order valence-electron chi connectivity index (χ2n) is 4.04. The smallest absolute Gasteiger partial charge is 0.183 e. The molecule has 2 saturated carbocycles. The molecule has 0 radical (unpaired) electrons. The summed E-state index contributed by atoms with van der Waals surface area (Å²) in [6, 6.07) is 0.696. The molecule has 0 amide bonds. The molecule has 3 rings (SSSR count). The normalized spacial score (nSPS) is 35.9. The van der Waals surface area contributed by atoms with Crippen LogP contribution in [0, 0.1) is 11.8 Å². The van der Waals surface area contributed by atoms with Gasteiger partial charge in [0.2, 0.25) is 0 Å². The minimum atomic E-state index is 0.696. The third-order valence-corrected chi connectivity index (χ3v) is 4.53. The van der Waals surface area contributed by atoms with Crippen molar-refractivity contribution in [1.29, 1.82) is 0 Å². The van der Waals surface area contributed by atoms with Crippen LogP contribution >= 0.6 is 27.3 Å². The van der Waals surface area contributed by atoms with Crippen LogP contribution < -0.4 is 5.32 Å². The van der Waals surface area contributed by atoms with E-state index < -0.39 is 0 Å². The van der Waals surface area contributed by atoms with Crippen molar-refractivity contribution in [1.82, 2.24) is 4.98 Å². The topological polar surface area (TPSA) is 24.9 Å². The van der Waals surface area contributed by atoms with Crippen molar-refractivity contribution in [3.63, 3.8) is 0 Å². The van der Waals surface area contributed by atoms with Crippen molar-refractivity contribution >= 4 is 32.4 Å². The van der Waals surface area contributed by atoms with E-state index in [-0.39, 0.29) is 0 Å². The van der Waals surface area contributed by atoms with Gasteiger partial charge in [0.05, 0.1) is 0 Å². The molecule has 0 aliphatic heterocycles. The molecular weight excluding hydrogens is 248 g/mol. The van der Waals surface area contributed by atoms with Gasteiger partial charge in [-0.05, 0) is 47.0 Å².